The number of aryl methyl sites for hydroxylation is 1. The van der Waals surface area contributed by atoms with E-state index in [1.165, 1.54) is 28.0 Å². The van der Waals surface area contributed by atoms with Crippen molar-refractivity contribution in [2.45, 2.75) is 26.1 Å². The van der Waals surface area contributed by atoms with E-state index in [-0.39, 0.29) is 17.8 Å². The molecular weight excluding hydrogens is 569 g/mol. The lowest BCUT2D eigenvalue weighted by molar-refractivity contribution is -0.137. The second-order valence-electron chi connectivity index (χ2n) is 9.50. The molecule has 8 nitrogen and oxygen atoms in total. The lowest BCUT2D eigenvalue weighted by Crippen LogP contribution is -2.39. The highest BCUT2D eigenvalue weighted by atomic mass is 32.1. The van der Waals surface area contributed by atoms with E-state index in [1.807, 2.05) is 31.2 Å². The number of aromatic amines is 1. The number of halogens is 3. The summed E-state index contributed by atoms with van der Waals surface area (Å²) < 4.78 is 48.3. The topological polar surface area (TPSA) is 103 Å². The standard InChI is InChI=1S/C30H21F3N4O4S/c1-2-19-15-22-26(38)37(24-10-6-5-9-23(24)30(31,32)33)29(40)36(27(22)42-19)16-17-11-13-18(14-12-17)20-7-3-4-8-21(20)25-34-28(39)41-35-25/h3-15H,2,16H2,1H3,(H,34,35,39). The first kappa shape index (κ1) is 27.2. The average Bonchev–Trinajstić information content (AvgIpc) is 3.62. The third-order valence-electron chi connectivity index (χ3n) is 6.89. The average molecular weight is 591 g/mol. The second kappa shape index (κ2) is 10.5. The van der Waals surface area contributed by atoms with Gasteiger partial charge in [0.1, 0.15) is 4.83 Å². The van der Waals surface area contributed by atoms with Crippen LogP contribution in [-0.2, 0) is 19.1 Å². The van der Waals surface area contributed by atoms with Crippen molar-refractivity contribution in [1.29, 1.82) is 0 Å². The van der Waals surface area contributed by atoms with Gasteiger partial charge < -0.3 is 0 Å². The summed E-state index contributed by atoms with van der Waals surface area (Å²) >= 11 is 1.27. The second-order valence-corrected chi connectivity index (χ2v) is 10.6. The molecular formula is C30H21F3N4O4S. The Bertz CT molecular complexity index is 2120. The number of alkyl halides is 3. The molecule has 0 saturated carbocycles. The number of hydrogen-bond acceptors (Lipinski definition) is 6. The Morgan fingerprint density at radius 2 is 1.62 bits per heavy atom. The van der Waals surface area contributed by atoms with Gasteiger partial charge in [-0.3, -0.25) is 18.9 Å². The van der Waals surface area contributed by atoms with E-state index in [2.05, 4.69) is 14.7 Å². The number of thiophene rings is 1. The monoisotopic (exact) mass is 590 g/mol. The highest BCUT2D eigenvalue weighted by Crippen LogP contribution is 2.34. The molecule has 0 fully saturated rings. The van der Waals surface area contributed by atoms with Gasteiger partial charge in [-0.05, 0) is 41.3 Å². The number of hydrogen-bond donors (Lipinski definition) is 1. The van der Waals surface area contributed by atoms with Crippen molar-refractivity contribution < 1.29 is 17.7 Å². The van der Waals surface area contributed by atoms with Crippen molar-refractivity contribution in [3.8, 4) is 28.2 Å². The van der Waals surface area contributed by atoms with E-state index in [0.29, 0.717) is 26.9 Å². The number of fused-ring (bicyclic) bond motifs is 1. The first-order valence-electron chi connectivity index (χ1n) is 12.8. The SMILES string of the molecule is CCc1cc2c(=O)n(-c3ccccc3C(F)(F)F)c(=O)n(Cc3ccc(-c4ccccc4-c4noc(=O)[nH]4)cc3)c2s1. The third-order valence-corrected chi connectivity index (χ3v) is 8.19. The maximum atomic E-state index is 13.9. The number of nitrogens with one attached hydrogen (secondary N) is 1. The summed E-state index contributed by atoms with van der Waals surface area (Å²) in [6.07, 6.45) is -4.17. The van der Waals surface area contributed by atoms with Gasteiger partial charge in [0, 0.05) is 10.4 Å². The van der Waals surface area contributed by atoms with Crippen LogP contribution in [0.1, 0.15) is 22.9 Å². The van der Waals surface area contributed by atoms with Gasteiger partial charge in [0.25, 0.3) is 5.56 Å². The Hall–Kier alpha value is -4.97. The summed E-state index contributed by atoms with van der Waals surface area (Å²) in [5.74, 6) is -0.398. The summed E-state index contributed by atoms with van der Waals surface area (Å²) in [4.78, 5) is 42.5. The minimum absolute atomic E-state index is 0.0198. The van der Waals surface area contributed by atoms with Gasteiger partial charge in [0.15, 0.2) is 5.82 Å². The summed E-state index contributed by atoms with van der Waals surface area (Å²) in [5.41, 5.74) is -0.337. The Labute approximate surface area is 238 Å². The molecule has 1 N–H and O–H groups in total. The molecule has 0 saturated heterocycles. The molecule has 3 aromatic heterocycles. The van der Waals surface area contributed by atoms with Crippen LogP contribution in [0.25, 0.3) is 38.4 Å². The molecule has 6 aromatic rings. The van der Waals surface area contributed by atoms with Crippen LogP contribution in [0.4, 0.5) is 13.2 Å². The summed E-state index contributed by atoms with van der Waals surface area (Å²) in [5, 5.41) is 3.96. The zero-order valence-corrected chi connectivity index (χ0v) is 22.8. The van der Waals surface area contributed by atoms with Crippen LogP contribution in [0.5, 0.6) is 0 Å². The quantitative estimate of drug-likeness (QED) is 0.262. The highest BCUT2D eigenvalue weighted by molar-refractivity contribution is 7.18. The van der Waals surface area contributed by atoms with E-state index >= 15 is 0 Å². The Morgan fingerprint density at radius 3 is 2.29 bits per heavy atom. The van der Waals surface area contributed by atoms with Crippen LogP contribution < -0.4 is 17.0 Å². The lowest BCUT2D eigenvalue weighted by Gasteiger charge is -2.16. The molecule has 0 aliphatic rings. The molecule has 0 atom stereocenters. The first-order valence-corrected chi connectivity index (χ1v) is 13.7. The highest BCUT2D eigenvalue weighted by Gasteiger charge is 2.35. The minimum atomic E-state index is -4.77. The fourth-order valence-corrected chi connectivity index (χ4v) is 5.97. The first-order chi connectivity index (χ1) is 20.2. The molecule has 3 heterocycles. The predicted octanol–water partition coefficient (Wildman–Crippen LogP) is 5.85. The normalized spacial score (nSPS) is 11.8. The Morgan fingerprint density at radius 1 is 0.929 bits per heavy atom. The number of para-hydroxylation sites is 1. The zero-order chi connectivity index (χ0) is 29.6. The largest absolute Gasteiger partial charge is 0.439 e. The summed E-state index contributed by atoms with van der Waals surface area (Å²) in [6, 6.07) is 20.7. The van der Waals surface area contributed by atoms with E-state index in [4.69, 9.17) is 0 Å². The van der Waals surface area contributed by atoms with E-state index in [9.17, 15) is 27.6 Å². The van der Waals surface area contributed by atoms with Gasteiger partial charge in [-0.25, -0.2) is 14.2 Å². The van der Waals surface area contributed by atoms with Crippen molar-refractivity contribution in [2.24, 2.45) is 0 Å². The molecule has 3 aromatic carbocycles. The van der Waals surface area contributed by atoms with Crippen LogP contribution in [0.15, 0.2) is 97.8 Å². The number of nitrogens with zero attached hydrogens (tertiary/aromatic N) is 3. The summed E-state index contributed by atoms with van der Waals surface area (Å²) in [7, 11) is 0. The van der Waals surface area contributed by atoms with Crippen LogP contribution in [0.3, 0.4) is 0 Å². The van der Waals surface area contributed by atoms with Crippen molar-refractivity contribution in [1.82, 2.24) is 19.3 Å². The fraction of sp³-hybridized carbons (Fsp3) is 0.133. The smallest absolute Gasteiger partial charge is 0.296 e. The molecule has 12 heteroatoms. The molecule has 0 spiro atoms. The van der Waals surface area contributed by atoms with Crippen molar-refractivity contribution in [3.05, 3.63) is 126 Å². The molecule has 212 valence electrons. The maximum Gasteiger partial charge on any atom is 0.439 e. The predicted molar refractivity (Wildman–Crippen MR) is 153 cm³/mol. The van der Waals surface area contributed by atoms with E-state index < -0.39 is 34.4 Å². The molecule has 42 heavy (non-hydrogen) atoms. The van der Waals surface area contributed by atoms with Gasteiger partial charge in [-0.1, -0.05) is 72.7 Å². The van der Waals surface area contributed by atoms with Crippen LogP contribution in [0.2, 0.25) is 0 Å². The van der Waals surface area contributed by atoms with Crippen molar-refractivity contribution in [3.63, 3.8) is 0 Å². The summed E-state index contributed by atoms with van der Waals surface area (Å²) in [6.45, 7) is 1.92. The van der Waals surface area contributed by atoms with Crippen molar-refractivity contribution >= 4 is 21.6 Å². The molecule has 0 bridgehead atoms. The van der Waals surface area contributed by atoms with Gasteiger partial charge in [-0.15, -0.1) is 11.3 Å². The minimum Gasteiger partial charge on any atom is -0.296 e. The third kappa shape index (κ3) is 4.79. The number of rotatable bonds is 6. The Kier molecular flexibility index (Phi) is 6.77. The molecule has 6 rings (SSSR count). The van der Waals surface area contributed by atoms with E-state index in [1.54, 1.807) is 30.3 Å². The maximum absolute atomic E-state index is 13.9. The lowest BCUT2D eigenvalue weighted by atomic mass is 9.98. The van der Waals surface area contributed by atoms with Gasteiger partial charge in [-0.2, -0.15) is 13.2 Å². The molecule has 0 aliphatic carbocycles. The van der Waals surface area contributed by atoms with E-state index in [0.717, 1.165) is 28.1 Å². The molecule has 0 radical (unpaired) electrons. The fourth-order valence-electron chi connectivity index (χ4n) is 4.89. The van der Waals surface area contributed by atoms with Gasteiger partial charge >= 0.3 is 17.6 Å². The molecule has 0 amide bonds. The van der Waals surface area contributed by atoms with Crippen LogP contribution in [0, 0.1) is 0 Å². The molecule has 0 aliphatic heterocycles. The van der Waals surface area contributed by atoms with Gasteiger partial charge in [0.05, 0.1) is 23.2 Å². The zero-order valence-electron chi connectivity index (χ0n) is 21.9. The molecule has 0 unspecified atom stereocenters. The number of aromatic nitrogens is 4. The number of H-pyrrole nitrogens is 1. The van der Waals surface area contributed by atoms with Crippen molar-refractivity contribution in [2.75, 3.05) is 0 Å². The van der Waals surface area contributed by atoms with Gasteiger partial charge in [0.2, 0.25) is 0 Å². The number of benzene rings is 3. The van der Waals surface area contributed by atoms with Crippen LogP contribution in [-0.4, -0.2) is 19.3 Å². The Balaban J connectivity index is 1.47. The van der Waals surface area contributed by atoms with Crippen LogP contribution >= 0.6 is 11.3 Å².